The van der Waals surface area contributed by atoms with E-state index in [1.54, 1.807) is 11.3 Å². The fourth-order valence-electron chi connectivity index (χ4n) is 6.37. The Hall–Kier alpha value is -5.51. The third-order valence-electron chi connectivity index (χ3n) is 8.41. The molecule has 2 N–H and O–H groups in total. The van der Waals surface area contributed by atoms with Gasteiger partial charge in [-0.25, -0.2) is 0 Å². The van der Waals surface area contributed by atoms with Gasteiger partial charge in [-0.2, -0.15) is 0 Å². The summed E-state index contributed by atoms with van der Waals surface area (Å²) in [6.07, 6.45) is 2.21. The zero-order valence-corrected chi connectivity index (χ0v) is 24.7. The number of nitrogens with one attached hydrogen (secondary N) is 2. The summed E-state index contributed by atoms with van der Waals surface area (Å²) in [6.45, 7) is 0. The average molecular weight is 581 g/mol. The molecule has 0 spiro atoms. The number of thiophene rings is 1. The van der Waals surface area contributed by atoms with Crippen LogP contribution in [0.4, 0.5) is 0 Å². The van der Waals surface area contributed by atoms with Crippen molar-refractivity contribution < 1.29 is 0 Å². The fraction of sp³-hybridized carbons (Fsp3) is 0. The Kier molecular flexibility index (Phi) is 6.51. The Labute approximate surface area is 260 Å². The van der Waals surface area contributed by atoms with Crippen LogP contribution in [0.25, 0.3) is 55.7 Å². The highest BCUT2D eigenvalue weighted by atomic mass is 32.1. The second-order valence-corrected chi connectivity index (χ2v) is 11.9. The third-order valence-corrected chi connectivity index (χ3v) is 9.32. The van der Waals surface area contributed by atoms with Gasteiger partial charge in [0.15, 0.2) is 0 Å². The van der Waals surface area contributed by atoms with Crippen molar-refractivity contribution in [3.05, 3.63) is 178 Å². The lowest BCUT2D eigenvalue weighted by atomic mass is 9.85. The van der Waals surface area contributed by atoms with Gasteiger partial charge in [-0.1, -0.05) is 140 Å². The van der Waals surface area contributed by atoms with E-state index in [0.29, 0.717) is 5.71 Å². The number of rotatable bonds is 5. The number of hydrogen-bond donors (Lipinski definition) is 2. The summed E-state index contributed by atoms with van der Waals surface area (Å²) in [5.41, 5.74) is 9.88. The third kappa shape index (κ3) is 4.46. The van der Waals surface area contributed by atoms with E-state index in [-0.39, 0.29) is 0 Å². The van der Waals surface area contributed by atoms with Crippen LogP contribution in [-0.4, -0.2) is 5.71 Å². The molecule has 44 heavy (non-hydrogen) atoms. The maximum absolute atomic E-state index is 9.92. The summed E-state index contributed by atoms with van der Waals surface area (Å²) in [4.78, 5) is 1.17. The first kappa shape index (κ1) is 26.1. The molecule has 2 heterocycles. The molecule has 0 amide bonds. The van der Waals surface area contributed by atoms with Crippen molar-refractivity contribution in [1.82, 2.24) is 5.32 Å². The molecule has 0 bridgehead atoms. The molecule has 1 aliphatic heterocycles. The predicted octanol–water partition coefficient (Wildman–Crippen LogP) is 10.8. The summed E-state index contributed by atoms with van der Waals surface area (Å²) < 4.78 is 0. The van der Waals surface area contributed by atoms with Gasteiger partial charge < -0.3 is 5.32 Å². The highest BCUT2D eigenvalue weighted by molar-refractivity contribution is 7.11. The van der Waals surface area contributed by atoms with Gasteiger partial charge in [-0.15, -0.1) is 11.3 Å². The van der Waals surface area contributed by atoms with Gasteiger partial charge in [0, 0.05) is 16.7 Å². The van der Waals surface area contributed by atoms with E-state index in [0.717, 1.165) is 50.0 Å². The van der Waals surface area contributed by atoms with Gasteiger partial charge in [0.2, 0.25) is 0 Å². The van der Waals surface area contributed by atoms with E-state index in [2.05, 4.69) is 156 Å². The topological polar surface area (TPSA) is 35.9 Å². The predicted molar refractivity (Wildman–Crippen MR) is 189 cm³/mol. The highest BCUT2D eigenvalue weighted by Crippen LogP contribution is 2.40. The molecule has 0 saturated heterocycles. The van der Waals surface area contributed by atoms with Crippen molar-refractivity contribution in [2.24, 2.45) is 0 Å². The maximum atomic E-state index is 9.92. The van der Waals surface area contributed by atoms with E-state index in [1.165, 1.54) is 26.8 Å². The molecule has 8 rings (SSSR count). The van der Waals surface area contributed by atoms with Crippen LogP contribution in [0.2, 0.25) is 0 Å². The Morgan fingerprint density at radius 2 is 1.23 bits per heavy atom. The minimum absolute atomic E-state index is 0.488. The molecule has 3 heteroatoms. The molecule has 6 aromatic carbocycles. The van der Waals surface area contributed by atoms with Gasteiger partial charge in [0.1, 0.15) is 0 Å². The summed E-state index contributed by atoms with van der Waals surface area (Å²) in [6, 6.07) is 50.9. The van der Waals surface area contributed by atoms with Crippen LogP contribution in [0, 0.1) is 5.41 Å². The normalized spacial score (nSPS) is 13.7. The molecule has 0 radical (unpaired) electrons. The van der Waals surface area contributed by atoms with Crippen LogP contribution in [0.1, 0.15) is 27.1 Å². The van der Waals surface area contributed by atoms with Crippen molar-refractivity contribution in [1.29, 1.82) is 5.41 Å². The lowest BCUT2D eigenvalue weighted by molar-refractivity contribution is 1.23. The number of benzene rings is 6. The molecular weight excluding hydrogens is 553 g/mol. The molecule has 0 atom stereocenters. The molecule has 1 aliphatic rings. The van der Waals surface area contributed by atoms with Crippen molar-refractivity contribution in [2.45, 2.75) is 0 Å². The Morgan fingerprint density at radius 3 is 2.07 bits per heavy atom. The van der Waals surface area contributed by atoms with Crippen molar-refractivity contribution in [3.8, 4) is 11.1 Å². The minimum atomic E-state index is 0.488. The van der Waals surface area contributed by atoms with Gasteiger partial charge >= 0.3 is 0 Å². The molecule has 1 aromatic heterocycles. The minimum Gasteiger partial charge on any atom is -0.353 e. The first-order chi connectivity index (χ1) is 21.8. The molecule has 0 saturated carbocycles. The van der Waals surface area contributed by atoms with Crippen LogP contribution >= 0.6 is 11.3 Å². The zero-order chi connectivity index (χ0) is 29.5. The zero-order valence-electron chi connectivity index (χ0n) is 23.9. The standard InChI is InChI=1S/C41H28N2S/c42-40(36-24-23-35(33-19-8-9-20-34(33)36)32-21-10-16-27-12-4-6-17-30(27)32)39(28-13-2-1-3-14-28)41-31-18-7-5-15-29(31)26-37(43-41)38-22-11-25-44-38/h1-26,42-43H/b41-39-,42-40?. The monoisotopic (exact) mass is 580 g/mol. The quantitative estimate of drug-likeness (QED) is 0.195. The van der Waals surface area contributed by atoms with Crippen LogP contribution < -0.4 is 5.32 Å². The largest absolute Gasteiger partial charge is 0.353 e. The molecule has 208 valence electrons. The first-order valence-electron chi connectivity index (χ1n) is 14.8. The maximum Gasteiger partial charge on any atom is 0.0717 e. The van der Waals surface area contributed by atoms with E-state index in [4.69, 9.17) is 0 Å². The van der Waals surface area contributed by atoms with E-state index < -0.39 is 0 Å². The molecule has 0 unspecified atom stereocenters. The lowest BCUT2D eigenvalue weighted by Gasteiger charge is -2.26. The Morgan fingerprint density at radius 1 is 0.545 bits per heavy atom. The van der Waals surface area contributed by atoms with Crippen molar-refractivity contribution >= 4 is 61.6 Å². The fourth-order valence-corrected chi connectivity index (χ4v) is 7.07. The van der Waals surface area contributed by atoms with Crippen LogP contribution in [0.15, 0.2) is 151 Å². The second kappa shape index (κ2) is 11.0. The number of hydrogen-bond acceptors (Lipinski definition) is 3. The van der Waals surface area contributed by atoms with E-state index in [1.807, 2.05) is 6.07 Å². The van der Waals surface area contributed by atoms with Gasteiger partial charge in [-0.3, -0.25) is 5.41 Å². The molecule has 7 aromatic rings. The molecule has 2 nitrogen and oxygen atoms in total. The van der Waals surface area contributed by atoms with Gasteiger partial charge in [-0.05, 0) is 61.3 Å². The van der Waals surface area contributed by atoms with E-state index in [9.17, 15) is 5.41 Å². The highest BCUT2D eigenvalue weighted by Gasteiger charge is 2.25. The van der Waals surface area contributed by atoms with Crippen LogP contribution in [-0.2, 0) is 0 Å². The van der Waals surface area contributed by atoms with Gasteiger partial charge in [0.25, 0.3) is 0 Å². The lowest BCUT2D eigenvalue weighted by Crippen LogP contribution is -2.20. The van der Waals surface area contributed by atoms with Crippen molar-refractivity contribution in [2.75, 3.05) is 0 Å². The summed E-state index contributed by atoms with van der Waals surface area (Å²) in [5, 5.41) is 20.4. The number of fused-ring (bicyclic) bond motifs is 3. The SMILES string of the molecule is N=C(/C(=C1\NC(c2cccs2)=Cc2ccccc21)c1ccccc1)c1ccc(-c2cccc3ccccc23)c2ccccc12. The first-order valence-corrected chi connectivity index (χ1v) is 15.6. The molecular formula is C41H28N2S. The van der Waals surface area contributed by atoms with E-state index >= 15 is 0 Å². The molecule has 0 aliphatic carbocycles. The van der Waals surface area contributed by atoms with Crippen molar-refractivity contribution in [3.63, 3.8) is 0 Å². The Balaban J connectivity index is 1.36. The number of allylic oxidation sites excluding steroid dienone is 1. The summed E-state index contributed by atoms with van der Waals surface area (Å²) in [5.74, 6) is 0. The molecule has 0 fully saturated rings. The van der Waals surface area contributed by atoms with Crippen LogP contribution in [0.5, 0.6) is 0 Å². The average Bonchev–Trinajstić information content (AvgIpc) is 3.64. The smallest absolute Gasteiger partial charge is 0.0717 e. The van der Waals surface area contributed by atoms with Gasteiger partial charge in [0.05, 0.1) is 22.0 Å². The summed E-state index contributed by atoms with van der Waals surface area (Å²) >= 11 is 1.71. The van der Waals surface area contributed by atoms with Crippen LogP contribution in [0.3, 0.4) is 0 Å². The Bertz CT molecular complexity index is 2250. The second-order valence-electron chi connectivity index (χ2n) is 11.0. The summed E-state index contributed by atoms with van der Waals surface area (Å²) in [7, 11) is 0.